The van der Waals surface area contributed by atoms with E-state index in [0.29, 0.717) is 16.7 Å². The van der Waals surface area contributed by atoms with Crippen LogP contribution in [0.5, 0.6) is 11.5 Å². The predicted octanol–water partition coefficient (Wildman–Crippen LogP) is 4.99. The molecule has 0 aliphatic heterocycles. The van der Waals surface area contributed by atoms with Gasteiger partial charge >= 0.3 is 0 Å². The molecule has 1 aromatic heterocycles. The highest BCUT2D eigenvalue weighted by Crippen LogP contribution is 2.29. The van der Waals surface area contributed by atoms with E-state index in [1.54, 1.807) is 38.5 Å². The van der Waals surface area contributed by atoms with Crippen molar-refractivity contribution in [3.8, 4) is 28.6 Å². The lowest BCUT2D eigenvalue weighted by molar-refractivity contribution is -0.113. The van der Waals surface area contributed by atoms with E-state index in [9.17, 15) is 4.79 Å². The summed E-state index contributed by atoms with van der Waals surface area (Å²) in [4.78, 5) is 12.5. The maximum atomic E-state index is 12.5. The fraction of sp³-hybridized carbons (Fsp3) is 0.160. The van der Waals surface area contributed by atoms with Gasteiger partial charge in [-0.25, -0.2) is 0 Å². The van der Waals surface area contributed by atoms with Crippen molar-refractivity contribution in [3.63, 3.8) is 0 Å². The second-order valence-electron chi connectivity index (χ2n) is 7.27. The van der Waals surface area contributed by atoms with Crippen LogP contribution in [-0.2, 0) is 4.79 Å². The Balaban J connectivity index is 1.57. The van der Waals surface area contributed by atoms with Crippen molar-refractivity contribution in [1.29, 1.82) is 0 Å². The molecule has 0 radical (unpaired) electrons. The van der Waals surface area contributed by atoms with Gasteiger partial charge in [-0.05, 0) is 67.6 Å². The molecular weight excluding hydrogens is 436 g/mol. The van der Waals surface area contributed by atoms with Gasteiger partial charge in [-0.2, -0.15) is 0 Å². The van der Waals surface area contributed by atoms with Gasteiger partial charge in [0.05, 0.1) is 20.0 Å². The molecule has 1 N–H and O–H groups in total. The smallest absolute Gasteiger partial charge is 0.234 e. The van der Waals surface area contributed by atoms with Crippen molar-refractivity contribution in [3.05, 3.63) is 78.4 Å². The van der Waals surface area contributed by atoms with Gasteiger partial charge in [0.25, 0.3) is 0 Å². The number of carbonyl (C=O) groups is 1. The highest BCUT2D eigenvalue weighted by molar-refractivity contribution is 7.99. The second kappa shape index (κ2) is 10.2. The molecular formula is C25H24N4O3S. The Labute approximate surface area is 196 Å². The van der Waals surface area contributed by atoms with Crippen molar-refractivity contribution in [1.82, 2.24) is 14.8 Å². The molecule has 0 saturated heterocycles. The Hall–Kier alpha value is -3.78. The molecule has 0 aliphatic rings. The van der Waals surface area contributed by atoms with Crippen LogP contribution in [-0.4, -0.2) is 40.6 Å². The minimum absolute atomic E-state index is 0.130. The third kappa shape index (κ3) is 5.35. The highest BCUT2D eigenvalue weighted by atomic mass is 32.2. The largest absolute Gasteiger partial charge is 0.497 e. The van der Waals surface area contributed by atoms with Crippen LogP contribution in [0.3, 0.4) is 0 Å². The van der Waals surface area contributed by atoms with Gasteiger partial charge in [-0.3, -0.25) is 9.36 Å². The summed E-state index contributed by atoms with van der Waals surface area (Å²) in [6, 6.07) is 23.0. The molecule has 0 spiro atoms. The Bertz CT molecular complexity index is 1220. The molecule has 4 aromatic rings. The van der Waals surface area contributed by atoms with Gasteiger partial charge in [0, 0.05) is 16.9 Å². The molecule has 4 rings (SSSR count). The van der Waals surface area contributed by atoms with E-state index in [1.807, 2.05) is 60.0 Å². The van der Waals surface area contributed by atoms with Gasteiger partial charge in [-0.1, -0.05) is 29.5 Å². The maximum Gasteiger partial charge on any atom is 0.234 e. The molecule has 168 valence electrons. The third-order valence-corrected chi connectivity index (χ3v) is 5.91. The Morgan fingerprint density at radius 2 is 1.48 bits per heavy atom. The van der Waals surface area contributed by atoms with E-state index < -0.39 is 0 Å². The summed E-state index contributed by atoms with van der Waals surface area (Å²) in [7, 11) is 3.24. The minimum atomic E-state index is -0.130. The summed E-state index contributed by atoms with van der Waals surface area (Å²) in [5, 5.41) is 12.3. The highest BCUT2D eigenvalue weighted by Gasteiger charge is 2.17. The third-order valence-electron chi connectivity index (χ3n) is 4.98. The normalized spacial score (nSPS) is 10.6. The fourth-order valence-electron chi connectivity index (χ4n) is 3.22. The molecule has 0 atom stereocenters. The van der Waals surface area contributed by atoms with E-state index in [1.165, 1.54) is 11.8 Å². The van der Waals surface area contributed by atoms with Crippen molar-refractivity contribution in [2.75, 3.05) is 25.3 Å². The van der Waals surface area contributed by atoms with Gasteiger partial charge < -0.3 is 14.8 Å². The van der Waals surface area contributed by atoms with E-state index in [-0.39, 0.29) is 11.7 Å². The number of anilines is 1. The fourth-order valence-corrected chi connectivity index (χ4v) is 3.97. The van der Waals surface area contributed by atoms with Crippen molar-refractivity contribution < 1.29 is 14.3 Å². The number of aromatic nitrogens is 3. The lowest BCUT2D eigenvalue weighted by Gasteiger charge is -2.11. The summed E-state index contributed by atoms with van der Waals surface area (Å²) < 4.78 is 12.4. The van der Waals surface area contributed by atoms with E-state index in [2.05, 4.69) is 15.5 Å². The van der Waals surface area contributed by atoms with Gasteiger partial charge in [-0.15, -0.1) is 10.2 Å². The van der Waals surface area contributed by atoms with E-state index in [0.717, 1.165) is 28.3 Å². The Morgan fingerprint density at radius 1 is 0.879 bits per heavy atom. The quantitative estimate of drug-likeness (QED) is 0.373. The van der Waals surface area contributed by atoms with Gasteiger partial charge in [0.2, 0.25) is 5.91 Å². The van der Waals surface area contributed by atoms with Crippen LogP contribution >= 0.6 is 11.8 Å². The Kier molecular flexibility index (Phi) is 6.95. The van der Waals surface area contributed by atoms with Crippen LogP contribution in [0, 0.1) is 6.92 Å². The molecule has 3 aromatic carbocycles. The molecule has 0 unspecified atom stereocenters. The number of carbonyl (C=O) groups excluding carboxylic acids is 1. The zero-order valence-corrected chi connectivity index (χ0v) is 19.4. The number of methoxy groups -OCH3 is 2. The Morgan fingerprint density at radius 3 is 2.09 bits per heavy atom. The van der Waals surface area contributed by atoms with Crippen molar-refractivity contribution in [2.45, 2.75) is 12.1 Å². The van der Waals surface area contributed by atoms with Crippen LogP contribution in [0.1, 0.15) is 5.56 Å². The van der Waals surface area contributed by atoms with Crippen molar-refractivity contribution >= 4 is 23.4 Å². The van der Waals surface area contributed by atoms with Crippen LogP contribution in [0.25, 0.3) is 17.1 Å². The van der Waals surface area contributed by atoms with Crippen LogP contribution < -0.4 is 14.8 Å². The number of nitrogens with zero attached hydrogens (tertiary/aromatic N) is 3. The summed E-state index contributed by atoms with van der Waals surface area (Å²) in [5.74, 6) is 2.26. The van der Waals surface area contributed by atoms with Gasteiger partial charge in [0.1, 0.15) is 11.5 Å². The topological polar surface area (TPSA) is 78.3 Å². The molecule has 7 nitrogen and oxygen atoms in total. The number of rotatable bonds is 8. The van der Waals surface area contributed by atoms with E-state index >= 15 is 0 Å². The van der Waals surface area contributed by atoms with Crippen LogP contribution in [0.4, 0.5) is 5.69 Å². The average Bonchev–Trinajstić information content (AvgIpc) is 3.27. The molecule has 1 amide bonds. The predicted molar refractivity (Wildman–Crippen MR) is 130 cm³/mol. The first kappa shape index (κ1) is 22.4. The average molecular weight is 461 g/mol. The standard InChI is InChI=1S/C25H24N4O3S/c1-17-4-10-20(11-5-17)29-24(18-6-12-21(31-2)13-7-18)27-28-25(29)33-16-23(30)26-19-8-14-22(32-3)15-9-19/h4-15H,16H2,1-3H3,(H,26,30). The number of aryl methyl sites for hydroxylation is 1. The molecule has 0 fully saturated rings. The first-order valence-electron chi connectivity index (χ1n) is 10.3. The molecule has 33 heavy (non-hydrogen) atoms. The van der Waals surface area contributed by atoms with Crippen molar-refractivity contribution in [2.24, 2.45) is 0 Å². The minimum Gasteiger partial charge on any atom is -0.497 e. The molecule has 8 heteroatoms. The van der Waals surface area contributed by atoms with Crippen LogP contribution in [0.2, 0.25) is 0 Å². The first-order valence-corrected chi connectivity index (χ1v) is 11.3. The zero-order valence-electron chi connectivity index (χ0n) is 18.6. The van der Waals surface area contributed by atoms with Crippen LogP contribution in [0.15, 0.2) is 78.0 Å². The number of thioether (sulfide) groups is 1. The van der Waals surface area contributed by atoms with Gasteiger partial charge in [0.15, 0.2) is 11.0 Å². The molecule has 1 heterocycles. The number of benzene rings is 3. The molecule has 0 aliphatic carbocycles. The lowest BCUT2D eigenvalue weighted by Crippen LogP contribution is -2.14. The molecule has 0 bridgehead atoms. The maximum absolute atomic E-state index is 12.5. The number of amides is 1. The van der Waals surface area contributed by atoms with E-state index in [4.69, 9.17) is 9.47 Å². The summed E-state index contributed by atoms with van der Waals surface area (Å²) in [6.07, 6.45) is 0. The summed E-state index contributed by atoms with van der Waals surface area (Å²) in [6.45, 7) is 2.04. The molecule has 0 saturated carbocycles. The SMILES string of the molecule is COc1ccc(NC(=O)CSc2nnc(-c3ccc(OC)cc3)n2-c2ccc(C)cc2)cc1. The second-order valence-corrected chi connectivity index (χ2v) is 8.21. The zero-order chi connectivity index (χ0) is 23.2. The summed E-state index contributed by atoms with van der Waals surface area (Å²) >= 11 is 1.33. The number of ether oxygens (including phenoxy) is 2. The number of hydrogen-bond acceptors (Lipinski definition) is 6. The first-order chi connectivity index (χ1) is 16.1. The number of nitrogens with one attached hydrogen (secondary N) is 1. The monoisotopic (exact) mass is 460 g/mol. The lowest BCUT2D eigenvalue weighted by atomic mass is 10.2. The number of hydrogen-bond donors (Lipinski definition) is 1. The summed E-state index contributed by atoms with van der Waals surface area (Å²) in [5.41, 5.74) is 3.69.